The summed E-state index contributed by atoms with van der Waals surface area (Å²) in [7, 11) is 0. The molecule has 0 radical (unpaired) electrons. The van der Waals surface area contributed by atoms with Gasteiger partial charge >= 0.3 is 0 Å². The van der Waals surface area contributed by atoms with E-state index in [0.29, 0.717) is 30.9 Å². The highest BCUT2D eigenvalue weighted by molar-refractivity contribution is 5.98. The van der Waals surface area contributed by atoms with Crippen molar-refractivity contribution >= 4 is 23.4 Å². The first kappa shape index (κ1) is 22.2. The number of likely N-dealkylation sites (N-methyl/N-ethyl adjacent to an activating group) is 1. The van der Waals surface area contributed by atoms with Crippen LogP contribution in [0.3, 0.4) is 0 Å². The van der Waals surface area contributed by atoms with Crippen molar-refractivity contribution < 1.29 is 14.4 Å². The third kappa shape index (κ3) is 5.79. The van der Waals surface area contributed by atoms with Crippen LogP contribution in [0, 0.1) is 0 Å². The summed E-state index contributed by atoms with van der Waals surface area (Å²) < 4.78 is 0. The van der Waals surface area contributed by atoms with Crippen LogP contribution in [0.25, 0.3) is 0 Å². The van der Waals surface area contributed by atoms with Gasteiger partial charge in [0.2, 0.25) is 11.8 Å². The highest BCUT2D eigenvalue weighted by Crippen LogP contribution is 2.20. The van der Waals surface area contributed by atoms with Crippen LogP contribution in [-0.2, 0) is 9.59 Å². The summed E-state index contributed by atoms with van der Waals surface area (Å²) in [6.45, 7) is 9.07. The van der Waals surface area contributed by atoms with Gasteiger partial charge in [0.1, 0.15) is 6.54 Å². The van der Waals surface area contributed by atoms with Crippen molar-refractivity contribution in [1.29, 1.82) is 0 Å². The van der Waals surface area contributed by atoms with Gasteiger partial charge in [0, 0.05) is 56.9 Å². The van der Waals surface area contributed by atoms with Crippen LogP contribution in [-0.4, -0.2) is 90.8 Å². The average Bonchev–Trinajstić information content (AvgIpc) is 3.20. The largest absolute Gasteiger partial charge is 0.339 e. The van der Waals surface area contributed by atoms with Crippen LogP contribution >= 0.6 is 0 Å². The number of carbonyl (C=O) groups excluding carboxylic acids is 3. The van der Waals surface area contributed by atoms with Gasteiger partial charge < -0.3 is 20.4 Å². The predicted molar refractivity (Wildman–Crippen MR) is 116 cm³/mol. The number of rotatable bonds is 7. The summed E-state index contributed by atoms with van der Waals surface area (Å²) >= 11 is 0. The van der Waals surface area contributed by atoms with Crippen LogP contribution in [0.4, 0.5) is 5.69 Å². The highest BCUT2D eigenvalue weighted by Gasteiger charge is 2.30. The number of benzene rings is 1. The number of hydrogen-bond acceptors (Lipinski definition) is 5. The average molecular weight is 416 g/mol. The molecular formula is C22H33N5O3. The minimum Gasteiger partial charge on any atom is -0.339 e. The maximum atomic E-state index is 13.4. The fraction of sp³-hybridized carbons (Fsp3) is 0.591. The molecule has 2 N–H and O–H groups in total. The number of hydrogen-bond donors (Lipinski definition) is 2. The third-order valence-corrected chi connectivity index (χ3v) is 5.85. The smallest absolute Gasteiger partial charge is 0.254 e. The molecule has 164 valence electrons. The quantitative estimate of drug-likeness (QED) is 0.694. The Morgan fingerprint density at radius 3 is 2.67 bits per heavy atom. The van der Waals surface area contributed by atoms with Gasteiger partial charge in [-0.15, -0.1) is 0 Å². The Kier molecular flexibility index (Phi) is 7.81. The Bertz CT molecular complexity index is 763. The standard InChI is InChI=1S/C22H33N5O3/c1-3-25-11-5-8-20(25)15-27(16-21(29)26-12-9-23-10-13-26)22(30)18-6-4-7-19(14-18)24-17(2)28/h4,6-7,14,20,23H,3,5,8-13,15-16H2,1-2H3,(H,24,28)/t20-/m1/s1. The molecule has 8 heteroatoms. The topological polar surface area (TPSA) is 85.0 Å². The Balaban J connectivity index is 1.77. The van der Waals surface area contributed by atoms with Crippen LogP contribution in [0.1, 0.15) is 37.0 Å². The van der Waals surface area contributed by atoms with Crippen molar-refractivity contribution in [2.45, 2.75) is 32.7 Å². The molecule has 0 unspecified atom stereocenters. The second kappa shape index (κ2) is 10.5. The summed E-state index contributed by atoms with van der Waals surface area (Å²) in [6, 6.07) is 7.20. The first-order chi connectivity index (χ1) is 14.5. The van der Waals surface area contributed by atoms with Crippen LogP contribution < -0.4 is 10.6 Å². The van der Waals surface area contributed by atoms with E-state index in [9.17, 15) is 14.4 Å². The molecule has 2 fully saturated rings. The lowest BCUT2D eigenvalue weighted by Crippen LogP contribution is -2.52. The zero-order valence-electron chi connectivity index (χ0n) is 18.0. The van der Waals surface area contributed by atoms with Gasteiger partial charge in [0.25, 0.3) is 5.91 Å². The molecule has 8 nitrogen and oxygen atoms in total. The maximum Gasteiger partial charge on any atom is 0.254 e. The van der Waals surface area contributed by atoms with Gasteiger partial charge in [-0.2, -0.15) is 0 Å². The predicted octanol–water partition coefficient (Wildman–Crippen LogP) is 1.00. The second-order valence-corrected chi connectivity index (χ2v) is 8.00. The molecule has 0 aromatic heterocycles. The molecule has 2 saturated heterocycles. The number of amides is 3. The molecule has 3 rings (SSSR count). The lowest BCUT2D eigenvalue weighted by Gasteiger charge is -2.33. The normalized spacial score (nSPS) is 19.5. The molecule has 0 aliphatic carbocycles. The molecule has 30 heavy (non-hydrogen) atoms. The molecule has 0 bridgehead atoms. The minimum absolute atomic E-state index is 0.0103. The number of nitrogens with one attached hydrogen (secondary N) is 2. The summed E-state index contributed by atoms with van der Waals surface area (Å²) in [5.41, 5.74) is 1.06. The molecule has 2 aliphatic rings. The number of piperazine rings is 1. The zero-order chi connectivity index (χ0) is 21.5. The summed E-state index contributed by atoms with van der Waals surface area (Å²) in [6.07, 6.45) is 2.15. The van der Waals surface area contributed by atoms with Gasteiger partial charge in [-0.05, 0) is 44.1 Å². The summed E-state index contributed by atoms with van der Waals surface area (Å²) in [4.78, 5) is 43.6. The minimum atomic E-state index is -0.185. The van der Waals surface area contributed by atoms with E-state index in [1.165, 1.54) is 6.92 Å². The third-order valence-electron chi connectivity index (χ3n) is 5.85. The van der Waals surface area contributed by atoms with Crippen molar-refractivity contribution in [2.75, 3.05) is 57.7 Å². The van der Waals surface area contributed by atoms with E-state index in [4.69, 9.17) is 0 Å². The van der Waals surface area contributed by atoms with Crippen molar-refractivity contribution in [1.82, 2.24) is 20.0 Å². The van der Waals surface area contributed by atoms with E-state index >= 15 is 0 Å². The summed E-state index contributed by atoms with van der Waals surface area (Å²) in [5.74, 6) is -0.368. The molecule has 3 amide bonds. The van der Waals surface area contributed by atoms with E-state index in [-0.39, 0.29) is 30.3 Å². The highest BCUT2D eigenvalue weighted by atomic mass is 16.2. The molecule has 1 atom stereocenters. The molecule has 0 saturated carbocycles. The Morgan fingerprint density at radius 2 is 1.97 bits per heavy atom. The molecule has 1 aromatic carbocycles. The second-order valence-electron chi connectivity index (χ2n) is 8.00. The van der Waals surface area contributed by atoms with Gasteiger partial charge in [0.05, 0.1) is 0 Å². The van der Waals surface area contributed by atoms with E-state index < -0.39 is 0 Å². The molecular weight excluding hydrogens is 382 g/mol. The molecule has 2 aliphatic heterocycles. The van der Waals surface area contributed by atoms with Crippen LogP contribution in [0.5, 0.6) is 0 Å². The molecule has 2 heterocycles. The van der Waals surface area contributed by atoms with Gasteiger partial charge in [-0.1, -0.05) is 13.0 Å². The Labute approximate surface area is 178 Å². The van der Waals surface area contributed by atoms with Crippen LogP contribution in [0.2, 0.25) is 0 Å². The first-order valence-corrected chi connectivity index (χ1v) is 10.9. The lowest BCUT2D eigenvalue weighted by atomic mass is 10.1. The van der Waals surface area contributed by atoms with E-state index in [0.717, 1.165) is 39.0 Å². The van der Waals surface area contributed by atoms with E-state index in [2.05, 4.69) is 22.5 Å². The van der Waals surface area contributed by atoms with Crippen molar-refractivity contribution in [3.05, 3.63) is 29.8 Å². The van der Waals surface area contributed by atoms with Crippen molar-refractivity contribution in [3.8, 4) is 0 Å². The van der Waals surface area contributed by atoms with Gasteiger partial charge in [-0.3, -0.25) is 19.3 Å². The van der Waals surface area contributed by atoms with E-state index in [1.54, 1.807) is 29.2 Å². The van der Waals surface area contributed by atoms with Gasteiger partial charge in [0.15, 0.2) is 0 Å². The maximum absolute atomic E-state index is 13.4. The zero-order valence-corrected chi connectivity index (χ0v) is 18.0. The van der Waals surface area contributed by atoms with Crippen LogP contribution in [0.15, 0.2) is 24.3 Å². The van der Waals surface area contributed by atoms with E-state index in [1.807, 2.05) is 4.90 Å². The number of carbonyl (C=O) groups is 3. The van der Waals surface area contributed by atoms with Crippen molar-refractivity contribution in [2.24, 2.45) is 0 Å². The Morgan fingerprint density at radius 1 is 1.20 bits per heavy atom. The summed E-state index contributed by atoms with van der Waals surface area (Å²) in [5, 5.41) is 5.97. The number of anilines is 1. The monoisotopic (exact) mass is 415 g/mol. The number of likely N-dealkylation sites (tertiary alicyclic amines) is 1. The van der Waals surface area contributed by atoms with Crippen molar-refractivity contribution in [3.63, 3.8) is 0 Å². The molecule has 1 aromatic rings. The fourth-order valence-electron chi connectivity index (χ4n) is 4.29. The Hall–Kier alpha value is -2.45. The van der Waals surface area contributed by atoms with Gasteiger partial charge in [-0.25, -0.2) is 0 Å². The fourth-order valence-corrected chi connectivity index (χ4v) is 4.29. The molecule has 0 spiro atoms. The SMILES string of the molecule is CCN1CCC[C@@H]1CN(CC(=O)N1CCNCC1)C(=O)c1cccc(NC(C)=O)c1. The number of nitrogens with zero attached hydrogens (tertiary/aromatic N) is 3. The lowest BCUT2D eigenvalue weighted by molar-refractivity contribution is -0.132. The first-order valence-electron chi connectivity index (χ1n) is 10.9.